The molecule has 1 aromatic heterocycles. The molecule has 0 spiro atoms. The molecule has 2 aliphatic heterocycles. The van der Waals surface area contributed by atoms with Gasteiger partial charge in [0.15, 0.2) is 0 Å². The fraction of sp³-hybridized carbons (Fsp3) is 0.583. The number of hydrogen-bond acceptors (Lipinski definition) is 5. The highest BCUT2D eigenvalue weighted by atomic mass is 79.9. The van der Waals surface area contributed by atoms with Crippen LogP contribution in [0.4, 0.5) is 0 Å². The SMILES string of the molecule is COC(=O)C1(C2(c3cc(Br)cs3)COC2)COC1. The van der Waals surface area contributed by atoms with Crippen LogP contribution in [0.3, 0.4) is 0 Å². The van der Waals surface area contributed by atoms with Crippen LogP contribution in [0.15, 0.2) is 15.9 Å². The van der Waals surface area contributed by atoms with Gasteiger partial charge in [-0.05, 0) is 22.0 Å². The summed E-state index contributed by atoms with van der Waals surface area (Å²) in [5, 5.41) is 2.03. The lowest BCUT2D eigenvalue weighted by Gasteiger charge is -2.56. The van der Waals surface area contributed by atoms with Gasteiger partial charge in [0, 0.05) is 14.7 Å². The van der Waals surface area contributed by atoms with Crippen LogP contribution in [0.1, 0.15) is 4.88 Å². The Bertz CT molecular complexity index is 476. The zero-order chi connectivity index (χ0) is 12.8. The molecule has 0 bridgehead atoms. The average Bonchev–Trinajstić information content (AvgIpc) is 2.66. The predicted octanol–water partition coefficient (Wildman–Crippen LogP) is 1.97. The molecule has 0 atom stereocenters. The first-order valence-electron chi connectivity index (χ1n) is 5.63. The number of esters is 1. The molecule has 6 heteroatoms. The van der Waals surface area contributed by atoms with Gasteiger partial charge < -0.3 is 14.2 Å². The second-order valence-corrected chi connectivity index (χ2v) is 6.60. The van der Waals surface area contributed by atoms with Crippen molar-refractivity contribution >= 4 is 33.2 Å². The maximum absolute atomic E-state index is 12.2. The van der Waals surface area contributed by atoms with Crippen molar-refractivity contribution in [2.45, 2.75) is 5.41 Å². The van der Waals surface area contributed by atoms with Gasteiger partial charge in [0.05, 0.1) is 39.0 Å². The molecular formula is C12H13BrO4S. The Morgan fingerprint density at radius 2 is 2.06 bits per heavy atom. The molecule has 0 saturated carbocycles. The maximum atomic E-state index is 12.2. The topological polar surface area (TPSA) is 44.8 Å². The van der Waals surface area contributed by atoms with Crippen molar-refractivity contribution in [3.05, 3.63) is 20.8 Å². The summed E-state index contributed by atoms with van der Waals surface area (Å²) < 4.78 is 16.7. The number of hydrogen-bond donors (Lipinski definition) is 0. The highest BCUT2D eigenvalue weighted by Gasteiger charge is 2.66. The Morgan fingerprint density at radius 3 is 2.39 bits per heavy atom. The zero-order valence-corrected chi connectivity index (χ0v) is 12.3. The molecule has 0 aromatic carbocycles. The molecule has 0 aliphatic carbocycles. The van der Waals surface area contributed by atoms with E-state index in [1.54, 1.807) is 11.3 Å². The standard InChI is InChI=1S/C12H13BrO4S/c1-15-10(14)12(6-17-7-12)11(4-16-5-11)9-2-8(13)3-18-9/h2-3H,4-7H2,1H3. The number of methoxy groups -OCH3 is 1. The van der Waals surface area contributed by atoms with E-state index < -0.39 is 5.41 Å². The van der Waals surface area contributed by atoms with Crippen LogP contribution in [0.2, 0.25) is 0 Å². The van der Waals surface area contributed by atoms with Crippen molar-refractivity contribution in [2.75, 3.05) is 33.5 Å². The van der Waals surface area contributed by atoms with E-state index in [1.165, 1.54) is 7.11 Å². The van der Waals surface area contributed by atoms with Crippen LogP contribution in [0.25, 0.3) is 0 Å². The second-order valence-electron chi connectivity index (χ2n) is 4.77. The molecule has 2 fully saturated rings. The third-order valence-corrected chi connectivity index (χ3v) is 5.82. The van der Waals surface area contributed by atoms with E-state index in [-0.39, 0.29) is 11.4 Å². The number of halogens is 1. The van der Waals surface area contributed by atoms with Crippen molar-refractivity contribution in [1.29, 1.82) is 0 Å². The first-order valence-corrected chi connectivity index (χ1v) is 7.30. The monoisotopic (exact) mass is 332 g/mol. The highest BCUT2D eigenvalue weighted by Crippen LogP contribution is 2.54. The maximum Gasteiger partial charge on any atom is 0.317 e. The summed E-state index contributed by atoms with van der Waals surface area (Å²) in [6, 6.07) is 2.07. The largest absolute Gasteiger partial charge is 0.468 e. The fourth-order valence-electron chi connectivity index (χ4n) is 2.62. The molecule has 0 radical (unpaired) electrons. The fourth-order valence-corrected chi connectivity index (χ4v) is 4.32. The van der Waals surface area contributed by atoms with Crippen LogP contribution in [0.5, 0.6) is 0 Å². The molecule has 2 saturated heterocycles. The zero-order valence-electron chi connectivity index (χ0n) is 9.90. The third-order valence-electron chi connectivity index (χ3n) is 3.93. The van der Waals surface area contributed by atoms with E-state index >= 15 is 0 Å². The lowest BCUT2D eigenvalue weighted by atomic mass is 9.59. The van der Waals surface area contributed by atoms with E-state index in [0.29, 0.717) is 26.4 Å². The van der Waals surface area contributed by atoms with Gasteiger partial charge in [-0.3, -0.25) is 4.79 Å². The van der Waals surface area contributed by atoms with E-state index in [2.05, 4.69) is 22.0 Å². The summed E-state index contributed by atoms with van der Waals surface area (Å²) in [6.45, 7) is 1.94. The minimum absolute atomic E-state index is 0.193. The predicted molar refractivity (Wildman–Crippen MR) is 69.8 cm³/mol. The van der Waals surface area contributed by atoms with Crippen molar-refractivity contribution in [2.24, 2.45) is 5.41 Å². The van der Waals surface area contributed by atoms with Gasteiger partial charge in [0.1, 0.15) is 5.41 Å². The lowest BCUT2D eigenvalue weighted by molar-refractivity contribution is -0.237. The van der Waals surface area contributed by atoms with Gasteiger partial charge in [0.25, 0.3) is 0 Å². The van der Waals surface area contributed by atoms with Gasteiger partial charge in [-0.1, -0.05) is 0 Å². The normalized spacial score (nSPS) is 23.9. The number of ether oxygens (including phenoxy) is 3. The molecule has 0 N–H and O–H groups in total. The molecule has 3 rings (SSSR count). The van der Waals surface area contributed by atoms with Crippen molar-refractivity contribution in [3.8, 4) is 0 Å². The molecular weight excluding hydrogens is 320 g/mol. The summed E-state index contributed by atoms with van der Waals surface area (Å²) in [6.07, 6.45) is 0. The number of carbonyl (C=O) groups excluding carboxylic acids is 1. The van der Waals surface area contributed by atoms with Gasteiger partial charge in [-0.15, -0.1) is 11.3 Å². The summed E-state index contributed by atoms with van der Waals surface area (Å²) in [5.74, 6) is -0.193. The quantitative estimate of drug-likeness (QED) is 0.794. The van der Waals surface area contributed by atoms with Crippen LogP contribution in [0, 0.1) is 5.41 Å². The Hall–Kier alpha value is -0.430. The van der Waals surface area contributed by atoms with Gasteiger partial charge in [-0.25, -0.2) is 0 Å². The molecule has 98 valence electrons. The summed E-state index contributed by atoms with van der Waals surface area (Å²) >= 11 is 5.11. The Balaban J connectivity index is 2.03. The van der Waals surface area contributed by atoms with E-state index in [9.17, 15) is 4.79 Å². The second kappa shape index (κ2) is 4.30. The van der Waals surface area contributed by atoms with Gasteiger partial charge in [0.2, 0.25) is 0 Å². The molecule has 2 aliphatic rings. The van der Waals surface area contributed by atoms with Crippen LogP contribution < -0.4 is 0 Å². The average molecular weight is 333 g/mol. The molecule has 1 aromatic rings. The molecule has 4 nitrogen and oxygen atoms in total. The molecule has 18 heavy (non-hydrogen) atoms. The Labute approximate surface area is 117 Å². The minimum atomic E-state index is -0.579. The molecule has 0 unspecified atom stereocenters. The van der Waals surface area contributed by atoms with E-state index in [4.69, 9.17) is 14.2 Å². The third kappa shape index (κ3) is 1.46. The van der Waals surface area contributed by atoms with Crippen LogP contribution >= 0.6 is 27.3 Å². The van der Waals surface area contributed by atoms with Crippen LogP contribution in [-0.4, -0.2) is 39.5 Å². The first kappa shape index (κ1) is 12.6. The summed E-state index contributed by atoms with van der Waals surface area (Å²) in [4.78, 5) is 13.3. The highest BCUT2D eigenvalue weighted by molar-refractivity contribution is 9.10. The number of carbonyl (C=O) groups is 1. The number of rotatable bonds is 3. The summed E-state index contributed by atoms with van der Waals surface area (Å²) in [5.41, 5.74) is -0.862. The van der Waals surface area contributed by atoms with E-state index in [1.807, 2.05) is 5.38 Å². The van der Waals surface area contributed by atoms with Crippen LogP contribution in [-0.2, 0) is 24.4 Å². The van der Waals surface area contributed by atoms with Crippen molar-refractivity contribution < 1.29 is 19.0 Å². The van der Waals surface area contributed by atoms with Crippen molar-refractivity contribution in [1.82, 2.24) is 0 Å². The number of thiophene rings is 1. The Kier molecular flexibility index (Phi) is 3.01. The molecule has 3 heterocycles. The molecule has 0 amide bonds. The lowest BCUT2D eigenvalue weighted by Crippen LogP contribution is -2.69. The smallest absolute Gasteiger partial charge is 0.317 e. The first-order chi connectivity index (χ1) is 8.64. The summed E-state index contributed by atoms with van der Waals surface area (Å²) in [7, 11) is 1.43. The van der Waals surface area contributed by atoms with Gasteiger partial charge in [-0.2, -0.15) is 0 Å². The Morgan fingerprint density at radius 1 is 1.39 bits per heavy atom. The van der Waals surface area contributed by atoms with E-state index in [0.717, 1.165) is 9.35 Å². The van der Waals surface area contributed by atoms with Crippen molar-refractivity contribution in [3.63, 3.8) is 0 Å². The minimum Gasteiger partial charge on any atom is -0.468 e. The van der Waals surface area contributed by atoms with Gasteiger partial charge >= 0.3 is 5.97 Å².